The minimum atomic E-state index is 0. The lowest BCUT2D eigenvalue weighted by Crippen LogP contribution is -2.38. The summed E-state index contributed by atoms with van der Waals surface area (Å²) in [5.41, 5.74) is 1.19. The first kappa shape index (κ1) is 25.1. The van der Waals surface area contributed by atoms with Gasteiger partial charge in [-0.3, -0.25) is 4.99 Å². The van der Waals surface area contributed by atoms with Crippen LogP contribution in [0.4, 0.5) is 0 Å². The molecule has 0 saturated heterocycles. The van der Waals surface area contributed by atoms with E-state index in [0.717, 1.165) is 68.7 Å². The fraction of sp³-hybridized carbons (Fsp3) is 0.524. The molecule has 0 bridgehead atoms. The molecule has 0 atom stereocenters. The lowest BCUT2D eigenvalue weighted by Gasteiger charge is -2.13. The van der Waals surface area contributed by atoms with Gasteiger partial charge in [0, 0.05) is 38.6 Å². The molecule has 2 aromatic rings. The molecule has 0 radical (unpaired) electrons. The molecule has 0 fully saturated rings. The number of benzene rings is 1. The summed E-state index contributed by atoms with van der Waals surface area (Å²) in [5, 5.41) is 6.70. The second kappa shape index (κ2) is 14.1. The van der Waals surface area contributed by atoms with E-state index in [1.54, 1.807) is 14.2 Å². The molecule has 29 heavy (non-hydrogen) atoms. The molecule has 1 aromatic carbocycles. The van der Waals surface area contributed by atoms with Gasteiger partial charge in [-0.1, -0.05) is 6.07 Å². The van der Waals surface area contributed by atoms with Crippen molar-refractivity contribution in [3.63, 3.8) is 0 Å². The van der Waals surface area contributed by atoms with E-state index in [1.807, 2.05) is 31.5 Å². The predicted octanol–water partition coefficient (Wildman–Crippen LogP) is 3.40. The van der Waals surface area contributed by atoms with Gasteiger partial charge in [-0.2, -0.15) is 0 Å². The van der Waals surface area contributed by atoms with Gasteiger partial charge in [0.15, 0.2) is 17.5 Å². The highest BCUT2D eigenvalue weighted by atomic mass is 127. The lowest BCUT2D eigenvalue weighted by molar-refractivity contribution is 0.354. The molecule has 1 aromatic heterocycles. The Kier molecular flexibility index (Phi) is 12.2. The van der Waals surface area contributed by atoms with Crippen LogP contribution < -0.4 is 20.1 Å². The topological polar surface area (TPSA) is 72.7 Å². The first-order valence-electron chi connectivity index (χ1n) is 9.88. The molecule has 0 aliphatic carbocycles. The normalized spacial score (nSPS) is 11.0. The second-order valence-electron chi connectivity index (χ2n) is 6.50. The Morgan fingerprint density at radius 1 is 1.14 bits per heavy atom. The lowest BCUT2D eigenvalue weighted by atomic mass is 10.1. The summed E-state index contributed by atoms with van der Waals surface area (Å²) in [6, 6.07) is 6.02. The molecular formula is C21H34IN5O2. The van der Waals surface area contributed by atoms with Crippen LogP contribution >= 0.6 is 24.0 Å². The number of unbranched alkanes of at least 4 members (excludes halogenated alkanes) is 1. The van der Waals surface area contributed by atoms with Crippen molar-refractivity contribution in [2.24, 2.45) is 4.99 Å². The Morgan fingerprint density at radius 3 is 2.59 bits per heavy atom. The third-order valence-corrected chi connectivity index (χ3v) is 4.50. The van der Waals surface area contributed by atoms with Crippen molar-refractivity contribution < 1.29 is 9.47 Å². The highest BCUT2D eigenvalue weighted by Crippen LogP contribution is 2.27. The van der Waals surface area contributed by atoms with Gasteiger partial charge in [-0.05, 0) is 50.8 Å². The zero-order chi connectivity index (χ0) is 20.2. The maximum absolute atomic E-state index is 5.37. The smallest absolute Gasteiger partial charge is 0.191 e. The zero-order valence-corrected chi connectivity index (χ0v) is 20.2. The maximum Gasteiger partial charge on any atom is 0.191 e. The van der Waals surface area contributed by atoms with E-state index in [-0.39, 0.29) is 24.0 Å². The van der Waals surface area contributed by atoms with E-state index in [4.69, 9.17) is 9.47 Å². The number of nitrogens with one attached hydrogen (secondary N) is 2. The Hall–Kier alpha value is -1.97. The van der Waals surface area contributed by atoms with Gasteiger partial charge in [-0.15, -0.1) is 24.0 Å². The number of guanidine groups is 1. The van der Waals surface area contributed by atoms with E-state index >= 15 is 0 Å². The number of halogens is 1. The molecular weight excluding hydrogens is 481 g/mol. The van der Waals surface area contributed by atoms with E-state index in [0.29, 0.717) is 0 Å². The van der Waals surface area contributed by atoms with Gasteiger partial charge >= 0.3 is 0 Å². The van der Waals surface area contributed by atoms with Crippen LogP contribution in [0.3, 0.4) is 0 Å². The van der Waals surface area contributed by atoms with Gasteiger partial charge in [0.05, 0.1) is 14.2 Å². The number of hydrogen-bond donors (Lipinski definition) is 2. The Morgan fingerprint density at radius 2 is 1.93 bits per heavy atom. The van der Waals surface area contributed by atoms with Crippen molar-refractivity contribution in [2.75, 3.05) is 33.9 Å². The molecule has 0 aliphatic heterocycles. The number of aliphatic imine (C=N–C) groups is 1. The molecule has 1 heterocycles. The second-order valence-corrected chi connectivity index (χ2v) is 6.50. The number of aryl methyl sites for hydroxylation is 2. The summed E-state index contributed by atoms with van der Waals surface area (Å²) in [6.45, 7) is 7.55. The van der Waals surface area contributed by atoms with Crippen molar-refractivity contribution in [1.82, 2.24) is 20.2 Å². The minimum absolute atomic E-state index is 0. The largest absolute Gasteiger partial charge is 0.493 e. The summed E-state index contributed by atoms with van der Waals surface area (Å²) in [6.07, 6.45) is 6.89. The van der Waals surface area contributed by atoms with Crippen molar-refractivity contribution >= 4 is 29.9 Å². The SMILES string of the molecule is CCNC(=NCCCCn1ccnc1C)NCCc1ccc(OC)c(OC)c1.I. The molecule has 0 unspecified atom stereocenters. The van der Waals surface area contributed by atoms with Crippen LogP contribution in [0.1, 0.15) is 31.2 Å². The molecule has 8 heteroatoms. The van der Waals surface area contributed by atoms with Crippen molar-refractivity contribution in [3.05, 3.63) is 42.0 Å². The third kappa shape index (κ3) is 8.51. The monoisotopic (exact) mass is 515 g/mol. The summed E-state index contributed by atoms with van der Waals surface area (Å²) in [4.78, 5) is 8.92. The molecule has 0 aliphatic rings. The molecule has 0 spiro atoms. The highest BCUT2D eigenvalue weighted by Gasteiger charge is 2.05. The Labute approximate surface area is 191 Å². The standard InChI is InChI=1S/C21H33N5O2.HI/c1-5-22-21(24-11-6-7-14-26-15-13-23-17(26)2)25-12-10-18-8-9-19(27-3)20(16-18)28-4;/h8-9,13,15-16H,5-7,10-12,14H2,1-4H3,(H2,22,24,25);1H. The first-order chi connectivity index (χ1) is 13.7. The first-order valence-corrected chi connectivity index (χ1v) is 9.88. The minimum Gasteiger partial charge on any atom is -0.493 e. The van der Waals surface area contributed by atoms with Gasteiger partial charge in [0.25, 0.3) is 0 Å². The fourth-order valence-electron chi connectivity index (χ4n) is 2.93. The van der Waals surface area contributed by atoms with Crippen molar-refractivity contribution in [3.8, 4) is 11.5 Å². The number of ether oxygens (including phenoxy) is 2. The summed E-state index contributed by atoms with van der Waals surface area (Å²) < 4.78 is 12.8. The number of nitrogens with zero attached hydrogens (tertiary/aromatic N) is 3. The number of hydrogen-bond acceptors (Lipinski definition) is 4. The van der Waals surface area contributed by atoms with Gasteiger partial charge < -0.3 is 24.7 Å². The van der Waals surface area contributed by atoms with Crippen LogP contribution in [0.2, 0.25) is 0 Å². The molecule has 0 amide bonds. The summed E-state index contributed by atoms with van der Waals surface area (Å²) in [5.74, 6) is 3.43. The van der Waals surface area contributed by atoms with E-state index in [2.05, 4.69) is 38.2 Å². The van der Waals surface area contributed by atoms with Gasteiger partial charge in [0.2, 0.25) is 0 Å². The Bertz CT molecular complexity index is 748. The summed E-state index contributed by atoms with van der Waals surface area (Å²) >= 11 is 0. The number of aromatic nitrogens is 2. The quantitative estimate of drug-likeness (QED) is 0.208. The molecule has 162 valence electrons. The van der Waals surface area contributed by atoms with Gasteiger partial charge in [-0.25, -0.2) is 4.98 Å². The average molecular weight is 515 g/mol. The van der Waals surface area contributed by atoms with Crippen LogP contribution in [0.15, 0.2) is 35.6 Å². The molecule has 2 rings (SSSR count). The number of imidazole rings is 1. The van der Waals surface area contributed by atoms with Crippen molar-refractivity contribution in [1.29, 1.82) is 0 Å². The number of methoxy groups -OCH3 is 2. The van der Waals surface area contributed by atoms with Crippen molar-refractivity contribution in [2.45, 2.75) is 39.7 Å². The van der Waals surface area contributed by atoms with E-state index in [1.165, 1.54) is 5.56 Å². The average Bonchev–Trinajstić information content (AvgIpc) is 3.12. The Balaban J connectivity index is 0.00000420. The molecule has 0 saturated carbocycles. The number of rotatable bonds is 11. The molecule has 2 N–H and O–H groups in total. The van der Waals surface area contributed by atoms with Crippen LogP contribution in [-0.2, 0) is 13.0 Å². The zero-order valence-electron chi connectivity index (χ0n) is 17.9. The van der Waals surface area contributed by atoms with Gasteiger partial charge in [0.1, 0.15) is 5.82 Å². The fourth-order valence-corrected chi connectivity index (χ4v) is 2.93. The summed E-state index contributed by atoms with van der Waals surface area (Å²) in [7, 11) is 3.30. The maximum atomic E-state index is 5.37. The van der Waals surface area contributed by atoms with E-state index in [9.17, 15) is 0 Å². The third-order valence-electron chi connectivity index (χ3n) is 4.50. The molecule has 7 nitrogen and oxygen atoms in total. The van der Waals surface area contributed by atoms with Crippen LogP contribution in [-0.4, -0.2) is 49.4 Å². The predicted molar refractivity (Wildman–Crippen MR) is 129 cm³/mol. The van der Waals surface area contributed by atoms with E-state index < -0.39 is 0 Å². The van der Waals surface area contributed by atoms with Crippen LogP contribution in [0.5, 0.6) is 11.5 Å². The van der Waals surface area contributed by atoms with Crippen LogP contribution in [0, 0.1) is 6.92 Å². The van der Waals surface area contributed by atoms with Crippen LogP contribution in [0.25, 0.3) is 0 Å². The highest BCUT2D eigenvalue weighted by molar-refractivity contribution is 14.0.